The fourth-order valence-corrected chi connectivity index (χ4v) is 30.7. The summed E-state index contributed by atoms with van der Waals surface area (Å²) in [6.07, 6.45) is 30.1. The van der Waals surface area contributed by atoms with Gasteiger partial charge in [0.05, 0.1) is 93.1 Å². The van der Waals surface area contributed by atoms with Crippen LogP contribution in [0.1, 0.15) is 242 Å². The quantitative estimate of drug-likeness (QED) is 0.0429. The van der Waals surface area contributed by atoms with E-state index in [1.54, 1.807) is 23.6 Å². The Labute approximate surface area is 836 Å². The number of carbonyl (C=O) groups is 20. The summed E-state index contributed by atoms with van der Waals surface area (Å²) >= 11 is 0. The van der Waals surface area contributed by atoms with Crippen LogP contribution < -0.4 is 0 Å². The van der Waals surface area contributed by atoms with Crippen molar-refractivity contribution < 1.29 is 134 Å². The lowest BCUT2D eigenvalue weighted by atomic mass is 9.67. The summed E-state index contributed by atoms with van der Waals surface area (Å²) in [4.78, 5) is 243. The van der Waals surface area contributed by atoms with Gasteiger partial charge in [0.2, 0.25) is 47.3 Å². The lowest BCUT2D eigenvalue weighted by Gasteiger charge is -2.52. The molecule has 0 aromatic carbocycles. The van der Waals surface area contributed by atoms with Crippen molar-refractivity contribution in [3.8, 4) is 0 Å². The fourth-order valence-electron chi connectivity index (χ4n) is 30.7. The number of hydrogen-bond donors (Lipinski definition) is 0. The van der Waals surface area contributed by atoms with Gasteiger partial charge in [-0.25, -0.2) is 28.8 Å². The molecule has 17 saturated carbocycles. The first kappa shape index (κ1) is 106. The number of carbonyl (C=O) groups excluding carboxylic acids is 20. The number of β-lactam (4-membered cyclic amide) rings is 6. The monoisotopic (exact) mass is 1990 g/mol. The minimum atomic E-state index is -0.928. The molecule has 143 heavy (non-hydrogen) atoms. The smallest absolute Gasteiger partial charge is 0.333 e. The molecule has 23 rings (SSSR count). The summed E-state index contributed by atoms with van der Waals surface area (Å²) in [7, 11) is 4.03. The van der Waals surface area contributed by atoms with E-state index >= 15 is 0 Å². The Kier molecular flexibility index (Phi) is 32.2. The molecule has 0 radical (unpaired) electrons. The maximum atomic E-state index is 13.1. The predicted molar refractivity (Wildman–Crippen MR) is 508 cm³/mol. The molecule has 12 amide bonds. The minimum Gasteiger partial charge on any atom is -0.469 e. The molecule has 0 N–H and O–H groups in total. The highest BCUT2D eigenvalue weighted by Gasteiger charge is 2.73. The zero-order chi connectivity index (χ0) is 104. The van der Waals surface area contributed by atoms with Crippen molar-refractivity contribution in [2.24, 2.45) is 154 Å². The molecule has 6 heterocycles. The number of nitrogens with zero attached hydrogens (tertiary/aromatic N) is 6. The van der Waals surface area contributed by atoms with Gasteiger partial charge in [-0.15, -0.1) is 0 Å². The van der Waals surface area contributed by atoms with Crippen molar-refractivity contribution in [2.75, 3.05) is 41.2 Å². The molecule has 34 nitrogen and oxygen atoms in total. The third kappa shape index (κ3) is 20.2. The van der Waals surface area contributed by atoms with Crippen molar-refractivity contribution in [1.29, 1.82) is 0 Å². The molecule has 0 spiro atoms. The van der Waals surface area contributed by atoms with Gasteiger partial charge < -0.3 is 37.9 Å². The Balaban J connectivity index is 0.000000126. The predicted octanol–water partition coefficient (Wildman–Crippen LogP) is 11.0. The SMILES string of the molecule is C=C(C)C(=O)OC.C=C(C)C(=O)OC(C)C(=O)N1C(=O)C2C3CCC(C3)C21.C=C(C)C(=O)OC1CCC(C(=O)N2C(=O)C3C4CC(C5CCCC54)C32)CC1.C=C(C)C(=O)OCC(=O)N1C(=O)C2C3CC(C4CCCC43)C21.C=C(C)C(=O)OCC(=O)N1C(=O)C2C3CCC(C3)C21.C=C(C)C(=O)OCC(=O)N1C(=O)C2C3CCC(C3)C21.COC(C)=O.COC(C)=O.O=C(C1CC2CCC1C2)N1C(=O)C2C3CCC(C3)C21. The number of hydrogen-bond acceptors (Lipinski definition) is 28. The summed E-state index contributed by atoms with van der Waals surface area (Å²) in [6, 6.07) is 0.795. The zero-order valence-corrected chi connectivity index (χ0v) is 84.9. The topological polar surface area (TPSA) is 435 Å². The second-order valence-electron chi connectivity index (χ2n) is 45.0. The zero-order valence-electron chi connectivity index (χ0n) is 84.9. The third-order valence-electron chi connectivity index (χ3n) is 36.8. The van der Waals surface area contributed by atoms with E-state index in [9.17, 15) is 95.9 Å². The van der Waals surface area contributed by atoms with Crippen LogP contribution in [0.3, 0.4) is 0 Å². The molecule has 23 fully saturated rings. The van der Waals surface area contributed by atoms with Crippen LogP contribution in [0.25, 0.3) is 0 Å². The van der Waals surface area contributed by atoms with Crippen molar-refractivity contribution >= 4 is 119 Å². The number of amides is 12. The van der Waals surface area contributed by atoms with Crippen molar-refractivity contribution in [3.05, 3.63) is 72.9 Å². The van der Waals surface area contributed by atoms with E-state index < -0.39 is 47.7 Å². The standard InChI is InChI=1S/C22H29NO4.C17H21NO4.C16H21NO2.C15H19NO4.2C14H17NO4.C5H8O2.2C3H6O2/c1-11(2)22(26)27-13-8-6-12(7-9-13)20(24)23-19-17-10-16(18(19)21(23)25)14-4-3-5-15(14)17;1-8(2)17(21)22-7-13(19)18-15-12-6-11(14(15)16(18)20)9-4-3-5-10(9)12;18-15(12-6-8-1-2-9(12)5-8)17-14-11-4-3-10(7-11)13(14)16(17)19;1-7(2)15(19)20-8(3)13(17)16-12-10-5-4-9(6-10)11(12)14(16)18;2*1-7(2)14(18)19-6-10(16)15-12-9-4-3-8(5-9)11(12)13(15)17;1-4(2)5(6)7-3;2*1-3(4)5-2/h12-19H,1,3-10H2,2H3;9-12,14-15H,1,3-7H2,2H3;8-14H,1-7H2;8-12H,1,4-6H2,2-3H3;2*8-9,11-12H,1,3-6H2,2H3;1H2,2-3H3;2*1-2H3. The van der Waals surface area contributed by atoms with Gasteiger partial charge in [-0.05, 0) is 316 Å². The van der Waals surface area contributed by atoms with E-state index in [1.165, 1.54) is 173 Å². The van der Waals surface area contributed by atoms with Crippen LogP contribution in [0.5, 0.6) is 0 Å². The van der Waals surface area contributed by atoms with Crippen LogP contribution in [-0.2, 0) is 134 Å². The molecule has 0 aromatic rings. The van der Waals surface area contributed by atoms with Gasteiger partial charge in [-0.2, -0.15) is 0 Å². The van der Waals surface area contributed by atoms with Crippen LogP contribution >= 0.6 is 0 Å². The van der Waals surface area contributed by atoms with Gasteiger partial charge in [0.25, 0.3) is 23.6 Å². The highest BCUT2D eigenvalue weighted by Crippen LogP contribution is 2.68. The number of ether oxygens (including phenoxy) is 8. The number of esters is 8. The van der Waals surface area contributed by atoms with E-state index in [2.05, 4.69) is 53.7 Å². The van der Waals surface area contributed by atoms with Crippen molar-refractivity contribution in [2.45, 2.75) is 291 Å². The number of likely N-dealkylation sites (tertiary alicyclic amines) is 6. The molecular formula is C109H144N6O28. The molecule has 17 aliphatic carbocycles. The van der Waals surface area contributed by atoms with Crippen molar-refractivity contribution in [3.63, 3.8) is 0 Å². The average molecular weight is 1990 g/mol. The van der Waals surface area contributed by atoms with Crippen LogP contribution in [0.4, 0.5) is 0 Å². The molecule has 14 bridgehead atoms. The summed E-state index contributed by atoms with van der Waals surface area (Å²) < 4.78 is 37.5. The first-order valence-corrected chi connectivity index (χ1v) is 52.1. The first-order valence-electron chi connectivity index (χ1n) is 52.1. The van der Waals surface area contributed by atoms with E-state index in [0.717, 1.165) is 88.4 Å². The molecule has 6 saturated heterocycles. The minimum absolute atomic E-state index is 0.0424. The maximum Gasteiger partial charge on any atom is 0.333 e. The van der Waals surface area contributed by atoms with Crippen LogP contribution in [0.15, 0.2) is 72.9 Å². The van der Waals surface area contributed by atoms with Gasteiger partial charge in [0.15, 0.2) is 25.9 Å². The fraction of sp³-hybridized carbons (Fsp3) is 0.706. The summed E-state index contributed by atoms with van der Waals surface area (Å²) in [6.45, 7) is 33.3. The van der Waals surface area contributed by atoms with Crippen LogP contribution in [-0.4, -0.2) is 238 Å². The molecule has 0 aromatic heterocycles. The van der Waals surface area contributed by atoms with Gasteiger partial charge in [0.1, 0.15) is 6.10 Å². The molecule has 34 heteroatoms. The van der Waals surface area contributed by atoms with Gasteiger partial charge >= 0.3 is 47.8 Å². The summed E-state index contributed by atoms with van der Waals surface area (Å²) in [5, 5.41) is 0. The van der Waals surface area contributed by atoms with Crippen LogP contribution in [0.2, 0.25) is 0 Å². The average Bonchev–Trinajstić information content (AvgIpc) is 1.56. The van der Waals surface area contributed by atoms with Gasteiger partial charge in [0, 0.05) is 59.1 Å². The van der Waals surface area contributed by atoms with Crippen molar-refractivity contribution in [1.82, 2.24) is 29.4 Å². The highest BCUT2D eigenvalue weighted by molar-refractivity contribution is 6.09. The number of rotatable bonds is 17. The number of imide groups is 6. The largest absolute Gasteiger partial charge is 0.469 e. The van der Waals surface area contributed by atoms with E-state index in [1.807, 2.05) is 0 Å². The van der Waals surface area contributed by atoms with Gasteiger partial charge in [-0.3, -0.25) is 96.5 Å². The molecule has 778 valence electrons. The summed E-state index contributed by atoms with van der Waals surface area (Å²) in [5.41, 5.74) is 1.85. The van der Waals surface area contributed by atoms with E-state index in [4.69, 9.17) is 23.7 Å². The first-order chi connectivity index (χ1) is 67.8. The molecule has 6 aliphatic heterocycles. The number of methoxy groups -OCH3 is 3. The molecule has 23 aliphatic rings. The lowest BCUT2D eigenvalue weighted by Crippen LogP contribution is -2.68. The van der Waals surface area contributed by atoms with E-state index in [0.29, 0.717) is 132 Å². The Bertz CT molecular complexity index is 5150. The Morgan fingerprint density at radius 1 is 0.294 bits per heavy atom. The normalized spacial score (nSPS) is 36.9. The molecule has 32 atom stereocenters. The highest BCUT2D eigenvalue weighted by atomic mass is 16.6. The third-order valence-corrected chi connectivity index (χ3v) is 36.8. The Morgan fingerprint density at radius 2 is 0.601 bits per heavy atom. The summed E-state index contributed by atoms with van der Waals surface area (Å²) in [5.74, 6) is 6.40. The van der Waals surface area contributed by atoms with Gasteiger partial charge in [-0.1, -0.05) is 58.7 Å². The Morgan fingerprint density at radius 3 is 0.944 bits per heavy atom. The maximum absolute atomic E-state index is 13.1. The van der Waals surface area contributed by atoms with Crippen LogP contribution in [0, 0.1) is 154 Å². The second kappa shape index (κ2) is 43.4. The number of fused-ring (bicyclic) bond motifs is 38. The molecule has 32 unspecified atom stereocenters. The van der Waals surface area contributed by atoms with E-state index in [-0.39, 0.29) is 203 Å². The molecular weight excluding hydrogens is 1840 g/mol. The second-order valence-corrected chi connectivity index (χ2v) is 45.0. The lowest BCUT2D eigenvalue weighted by molar-refractivity contribution is -0.178. The Hall–Kier alpha value is -11.0.